The van der Waals surface area contributed by atoms with Gasteiger partial charge in [0.15, 0.2) is 0 Å². The van der Waals surface area contributed by atoms with Crippen LogP contribution in [0.5, 0.6) is 0 Å². The normalized spacial score (nSPS) is 13.1. The second-order valence-corrected chi connectivity index (χ2v) is 7.49. The molecule has 0 saturated heterocycles. The molecule has 2 heterocycles. The van der Waals surface area contributed by atoms with Gasteiger partial charge in [0.25, 0.3) is 11.8 Å². The van der Waals surface area contributed by atoms with Crippen LogP contribution in [0.3, 0.4) is 0 Å². The number of carbonyl (C=O) groups excluding carboxylic acids is 2. The number of rotatable bonds is 5. The summed E-state index contributed by atoms with van der Waals surface area (Å²) in [6, 6.07) is 22.8. The number of nitrogens with zero attached hydrogens (tertiary/aromatic N) is 2. The van der Waals surface area contributed by atoms with Crippen LogP contribution in [0.25, 0.3) is 10.8 Å². The van der Waals surface area contributed by atoms with Gasteiger partial charge in [-0.15, -0.1) is 0 Å². The summed E-state index contributed by atoms with van der Waals surface area (Å²) < 4.78 is 0. The van der Waals surface area contributed by atoms with E-state index in [1.165, 1.54) is 0 Å². The number of hydrogen-bond donors (Lipinski definition) is 2. The Bertz CT molecular complexity index is 1320. The number of anilines is 1. The third kappa shape index (κ3) is 3.38. The number of benzene rings is 3. The number of carbonyl (C=O) groups is 2. The van der Waals surface area contributed by atoms with Crippen molar-refractivity contribution in [2.75, 3.05) is 4.90 Å². The highest BCUT2D eigenvalue weighted by atomic mass is 16.2. The molecule has 4 aromatic rings. The molecule has 0 saturated carbocycles. The molecule has 1 aromatic heterocycles. The van der Waals surface area contributed by atoms with Gasteiger partial charge in [0, 0.05) is 22.7 Å². The summed E-state index contributed by atoms with van der Waals surface area (Å²) >= 11 is 0. The third-order valence-electron chi connectivity index (χ3n) is 5.52. The zero-order chi connectivity index (χ0) is 21.4. The third-order valence-corrected chi connectivity index (χ3v) is 5.52. The summed E-state index contributed by atoms with van der Waals surface area (Å²) in [4.78, 5) is 30.2. The smallest absolute Gasteiger partial charge is 0.271 e. The van der Waals surface area contributed by atoms with Gasteiger partial charge < -0.3 is 9.88 Å². The molecule has 5 rings (SSSR count). The number of amides is 2. The number of hydrazone groups is 1. The van der Waals surface area contributed by atoms with Crippen molar-refractivity contribution in [1.82, 2.24) is 10.4 Å². The van der Waals surface area contributed by atoms with Crippen LogP contribution in [0.15, 0.2) is 84.1 Å². The molecule has 0 aliphatic carbocycles. The number of aromatic nitrogens is 1. The van der Waals surface area contributed by atoms with Gasteiger partial charge in [-0.05, 0) is 54.3 Å². The first-order valence-corrected chi connectivity index (χ1v) is 10.0. The maximum absolute atomic E-state index is 12.9. The molecule has 0 fully saturated rings. The Balaban J connectivity index is 1.31. The fourth-order valence-corrected chi connectivity index (χ4v) is 3.89. The molecule has 0 radical (unpaired) electrons. The highest BCUT2D eigenvalue weighted by Gasteiger charge is 2.29. The molecule has 0 spiro atoms. The molecule has 2 N–H and O–H groups in total. The highest BCUT2D eigenvalue weighted by Crippen LogP contribution is 2.37. The SMILES string of the molecule is C/C(=N\NC(=O)c1ccc(CN2C(=O)c3cccc4cccc2c34)cc1)c1ccc[nH]1. The van der Waals surface area contributed by atoms with E-state index in [1.54, 1.807) is 23.2 Å². The summed E-state index contributed by atoms with van der Waals surface area (Å²) in [7, 11) is 0. The van der Waals surface area contributed by atoms with Crippen molar-refractivity contribution in [1.29, 1.82) is 0 Å². The van der Waals surface area contributed by atoms with E-state index in [9.17, 15) is 9.59 Å². The Morgan fingerprint density at radius 2 is 1.77 bits per heavy atom. The Kier molecular flexibility index (Phi) is 4.59. The lowest BCUT2D eigenvalue weighted by molar-refractivity contribution is 0.0953. The van der Waals surface area contributed by atoms with Crippen molar-refractivity contribution in [3.05, 3.63) is 101 Å². The predicted molar refractivity (Wildman–Crippen MR) is 121 cm³/mol. The summed E-state index contributed by atoms with van der Waals surface area (Å²) in [5.41, 5.74) is 7.23. The van der Waals surface area contributed by atoms with E-state index in [4.69, 9.17) is 0 Å². The summed E-state index contributed by atoms with van der Waals surface area (Å²) in [6.45, 7) is 2.26. The van der Waals surface area contributed by atoms with E-state index in [2.05, 4.69) is 15.5 Å². The van der Waals surface area contributed by atoms with Crippen LogP contribution in [0.2, 0.25) is 0 Å². The van der Waals surface area contributed by atoms with E-state index >= 15 is 0 Å². The maximum atomic E-state index is 12.9. The van der Waals surface area contributed by atoms with Crippen molar-refractivity contribution in [3.8, 4) is 0 Å². The lowest BCUT2D eigenvalue weighted by Gasteiger charge is -2.18. The fraction of sp³-hybridized carbons (Fsp3) is 0.0800. The molecule has 3 aromatic carbocycles. The second-order valence-electron chi connectivity index (χ2n) is 7.49. The van der Waals surface area contributed by atoms with Gasteiger partial charge in [0.1, 0.15) is 0 Å². The molecular weight excluding hydrogens is 388 g/mol. The monoisotopic (exact) mass is 408 g/mol. The summed E-state index contributed by atoms with van der Waals surface area (Å²) in [5, 5.41) is 6.20. The van der Waals surface area contributed by atoms with Gasteiger partial charge in [-0.2, -0.15) is 5.10 Å². The average molecular weight is 408 g/mol. The Labute approximate surface area is 179 Å². The number of hydrogen-bond acceptors (Lipinski definition) is 3. The van der Waals surface area contributed by atoms with Gasteiger partial charge in [0.2, 0.25) is 0 Å². The van der Waals surface area contributed by atoms with E-state index in [0.717, 1.165) is 33.3 Å². The van der Waals surface area contributed by atoms with E-state index in [1.807, 2.05) is 67.6 Å². The Morgan fingerprint density at radius 3 is 2.52 bits per heavy atom. The molecule has 0 atom stereocenters. The first-order chi connectivity index (χ1) is 15.1. The van der Waals surface area contributed by atoms with Crippen molar-refractivity contribution < 1.29 is 9.59 Å². The molecule has 0 unspecified atom stereocenters. The molecule has 31 heavy (non-hydrogen) atoms. The van der Waals surface area contributed by atoms with Crippen LogP contribution >= 0.6 is 0 Å². The van der Waals surface area contributed by atoms with Crippen molar-refractivity contribution in [2.45, 2.75) is 13.5 Å². The molecule has 1 aliphatic rings. The topological polar surface area (TPSA) is 77.6 Å². The van der Waals surface area contributed by atoms with Gasteiger partial charge in [-0.3, -0.25) is 9.59 Å². The van der Waals surface area contributed by atoms with E-state index in [0.29, 0.717) is 17.8 Å². The van der Waals surface area contributed by atoms with Gasteiger partial charge >= 0.3 is 0 Å². The minimum absolute atomic E-state index is 0.00255. The van der Waals surface area contributed by atoms with Gasteiger partial charge in [0.05, 0.1) is 23.6 Å². The zero-order valence-corrected chi connectivity index (χ0v) is 16.9. The van der Waals surface area contributed by atoms with Crippen LogP contribution in [0, 0.1) is 0 Å². The zero-order valence-electron chi connectivity index (χ0n) is 16.9. The number of aromatic amines is 1. The largest absolute Gasteiger partial charge is 0.360 e. The van der Waals surface area contributed by atoms with E-state index in [-0.39, 0.29) is 11.8 Å². The molecule has 6 heteroatoms. The van der Waals surface area contributed by atoms with Crippen molar-refractivity contribution in [2.24, 2.45) is 5.10 Å². The first-order valence-electron chi connectivity index (χ1n) is 10.0. The highest BCUT2D eigenvalue weighted by molar-refractivity contribution is 6.24. The molecule has 0 bridgehead atoms. The summed E-state index contributed by atoms with van der Waals surface area (Å²) in [5.74, 6) is -0.283. The fourth-order valence-electron chi connectivity index (χ4n) is 3.89. The molecular formula is C25H20N4O2. The predicted octanol–water partition coefficient (Wildman–Crippen LogP) is 4.48. The quantitative estimate of drug-likeness (QED) is 0.377. The lowest BCUT2D eigenvalue weighted by Crippen LogP contribution is -2.26. The van der Waals surface area contributed by atoms with Gasteiger partial charge in [-0.1, -0.05) is 36.4 Å². The summed E-state index contributed by atoms with van der Waals surface area (Å²) in [6.07, 6.45) is 1.80. The minimum Gasteiger partial charge on any atom is -0.360 e. The van der Waals surface area contributed by atoms with Crippen LogP contribution in [0.4, 0.5) is 5.69 Å². The molecule has 152 valence electrons. The van der Waals surface area contributed by atoms with Crippen LogP contribution in [0.1, 0.15) is 38.9 Å². The average Bonchev–Trinajstić information content (AvgIpc) is 3.43. The number of nitrogens with one attached hydrogen (secondary N) is 2. The molecule has 2 amide bonds. The maximum Gasteiger partial charge on any atom is 0.271 e. The number of H-pyrrole nitrogens is 1. The van der Waals surface area contributed by atoms with Gasteiger partial charge in [-0.25, -0.2) is 5.43 Å². The van der Waals surface area contributed by atoms with Crippen LogP contribution in [-0.4, -0.2) is 22.5 Å². The standard InChI is InChI=1S/C25H20N4O2/c1-16(21-8-4-14-26-21)27-28-24(30)19-12-10-17(11-13-19)15-29-22-9-3-6-18-5-2-7-20(23(18)22)25(29)31/h2-14,26H,15H2,1H3,(H,28,30)/b27-16+. The molecule has 6 nitrogen and oxygen atoms in total. The van der Waals surface area contributed by atoms with Crippen LogP contribution in [-0.2, 0) is 6.54 Å². The van der Waals surface area contributed by atoms with E-state index < -0.39 is 0 Å². The Hall–Kier alpha value is -4.19. The lowest BCUT2D eigenvalue weighted by atomic mass is 10.1. The molecule has 1 aliphatic heterocycles. The second kappa shape index (κ2) is 7.57. The van der Waals surface area contributed by atoms with Crippen molar-refractivity contribution in [3.63, 3.8) is 0 Å². The first kappa shape index (κ1) is 18.8. The van der Waals surface area contributed by atoms with Crippen LogP contribution < -0.4 is 10.3 Å². The minimum atomic E-state index is -0.285. The van der Waals surface area contributed by atoms with Crippen molar-refractivity contribution >= 4 is 34.0 Å². The Morgan fingerprint density at radius 1 is 1.00 bits per heavy atom.